The minimum atomic E-state index is -0.325. The number of carbonyl (C=O) groups is 1. The fourth-order valence-electron chi connectivity index (χ4n) is 2.05. The number of rotatable bonds is 3. The number of hydrogen-bond donors (Lipinski definition) is 2. The van der Waals surface area contributed by atoms with Gasteiger partial charge in [0.2, 0.25) is 0 Å². The molecule has 3 N–H and O–H groups in total. The molecule has 0 radical (unpaired) electrons. The normalized spacial score (nSPS) is 10.7. The summed E-state index contributed by atoms with van der Waals surface area (Å²) < 4.78 is 13.9. The summed E-state index contributed by atoms with van der Waals surface area (Å²) in [5.74, 6) is -0.591. The van der Waals surface area contributed by atoms with Crippen molar-refractivity contribution >= 4 is 33.0 Å². The van der Waals surface area contributed by atoms with Gasteiger partial charge in [-0.2, -0.15) is 0 Å². The maximum absolute atomic E-state index is 13.1. The van der Waals surface area contributed by atoms with Crippen LogP contribution in [0.25, 0.3) is 10.1 Å². The summed E-state index contributed by atoms with van der Waals surface area (Å²) in [5, 5.41) is 3.57. The molecule has 6 heteroatoms. The number of fused-ring (bicyclic) bond motifs is 1. The van der Waals surface area contributed by atoms with E-state index in [1.54, 1.807) is 30.6 Å². The van der Waals surface area contributed by atoms with Gasteiger partial charge < -0.3 is 11.1 Å². The largest absolute Gasteiger partial charge is 0.397 e. The maximum atomic E-state index is 13.1. The van der Waals surface area contributed by atoms with Gasteiger partial charge in [0.15, 0.2) is 0 Å². The van der Waals surface area contributed by atoms with Gasteiger partial charge in [-0.15, -0.1) is 11.3 Å². The molecule has 0 aliphatic heterocycles. The van der Waals surface area contributed by atoms with Gasteiger partial charge in [-0.1, -0.05) is 12.1 Å². The van der Waals surface area contributed by atoms with Crippen LogP contribution in [0, 0.1) is 5.82 Å². The molecule has 0 bridgehead atoms. The maximum Gasteiger partial charge on any atom is 0.263 e. The summed E-state index contributed by atoms with van der Waals surface area (Å²) in [6.45, 7) is 0.253. The lowest BCUT2D eigenvalue weighted by Crippen LogP contribution is -2.22. The molecule has 2 heterocycles. The van der Waals surface area contributed by atoms with E-state index in [2.05, 4.69) is 10.3 Å². The number of hydrogen-bond acceptors (Lipinski definition) is 4. The van der Waals surface area contributed by atoms with Crippen LogP contribution in [0.1, 0.15) is 15.2 Å². The summed E-state index contributed by atoms with van der Waals surface area (Å²) in [5.41, 5.74) is 7.15. The Morgan fingerprint density at radius 1 is 1.38 bits per heavy atom. The van der Waals surface area contributed by atoms with E-state index in [4.69, 9.17) is 5.73 Å². The molecule has 0 unspecified atom stereocenters. The van der Waals surface area contributed by atoms with Crippen LogP contribution in [-0.4, -0.2) is 10.9 Å². The smallest absolute Gasteiger partial charge is 0.263 e. The number of nitrogen functional groups attached to an aromatic ring is 1. The quantitative estimate of drug-likeness (QED) is 0.781. The first-order chi connectivity index (χ1) is 10.1. The number of nitrogens with zero attached hydrogens (tertiary/aromatic N) is 1. The average Bonchev–Trinajstić information content (AvgIpc) is 2.83. The van der Waals surface area contributed by atoms with E-state index in [1.165, 1.54) is 23.5 Å². The Morgan fingerprint density at radius 3 is 3.00 bits per heavy atom. The minimum absolute atomic E-state index is 0.253. The van der Waals surface area contributed by atoms with Crippen LogP contribution in [0.2, 0.25) is 0 Å². The second-order valence-electron chi connectivity index (χ2n) is 4.53. The Bertz CT molecular complexity index is 816. The molecule has 0 fully saturated rings. The topological polar surface area (TPSA) is 68.0 Å². The molecule has 1 amide bonds. The summed E-state index contributed by atoms with van der Waals surface area (Å²) in [6, 6.07) is 7.89. The molecule has 3 aromatic rings. The minimum Gasteiger partial charge on any atom is -0.397 e. The number of pyridine rings is 1. The third-order valence-corrected chi connectivity index (χ3v) is 4.23. The zero-order chi connectivity index (χ0) is 14.8. The number of nitrogens with one attached hydrogen (secondary N) is 1. The molecule has 4 nitrogen and oxygen atoms in total. The van der Waals surface area contributed by atoms with Crippen LogP contribution in [-0.2, 0) is 6.54 Å². The van der Waals surface area contributed by atoms with E-state index in [1.807, 2.05) is 0 Å². The van der Waals surface area contributed by atoms with Crippen LogP contribution in [0.4, 0.5) is 10.1 Å². The van der Waals surface area contributed by atoms with Crippen molar-refractivity contribution in [3.8, 4) is 0 Å². The Labute approximate surface area is 124 Å². The second-order valence-corrected chi connectivity index (χ2v) is 5.58. The van der Waals surface area contributed by atoms with E-state index in [-0.39, 0.29) is 18.3 Å². The summed E-state index contributed by atoms with van der Waals surface area (Å²) >= 11 is 1.30. The predicted octanol–water partition coefficient (Wildman–Crippen LogP) is 2.95. The van der Waals surface area contributed by atoms with Crippen molar-refractivity contribution in [2.24, 2.45) is 0 Å². The lowest BCUT2D eigenvalue weighted by molar-refractivity contribution is 0.0956. The number of aromatic nitrogens is 1. The number of amides is 1. The second kappa shape index (κ2) is 5.49. The average molecular weight is 301 g/mol. The van der Waals surface area contributed by atoms with E-state index in [9.17, 15) is 9.18 Å². The molecule has 21 heavy (non-hydrogen) atoms. The van der Waals surface area contributed by atoms with E-state index in [0.717, 1.165) is 10.1 Å². The van der Waals surface area contributed by atoms with Gasteiger partial charge >= 0.3 is 0 Å². The predicted molar refractivity (Wildman–Crippen MR) is 81.6 cm³/mol. The lowest BCUT2D eigenvalue weighted by atomic mass is 10.2. The van der Waals surface area contributed by atoms with Crippen LogP contribution >= 0.6 is 11.3 Å². The number of halogens is 1. The third kappa shape index (κ3) is 2.71. The van der Waals surface area contributed by atoms with Crippen molar-refractivity contribution in [2.45, 2.75) is 6.54 Å². The van der Waals surface area contributed by atoms with Gasteiger partial charge in [0.05, 0.1) is 10.4 Å². The van der Waals surface area contributed by atoms with Crippen molar-refractivity contribution in [3.63, 3.8) is 0 Å². The molecule has 0 saturated heterocycles. The Morgan fingerprint density at radius 2 is 2.24 bits per heavy atom. The molecule has 0 aliphatic carbocycles. The summed E-state index contributed by atoms with van der Waals surface area (Å²) in [7, 11) is 0. The van der Waals surface area contributed by atoms with Crippen molar-refractivity contribution in [2.75, 3.05) is 5.73 Å². The van der Waals surface area contributed by atoms with E-state index in [0.29, 0.717) is 16.1 Å². The Balaban J connectivity index is 1.79. The van der Waals surface area contributed by atoms with Gasteiger partial charge in [-0.3, -0.25) is 9.78 Å². The molecule has 2 aromatic heterocycles. The monoisotopic (exact) mass is 301 g/mol. The summed E-state index contributed by atoms with van der Waals surface area (Å²) in [6.07, 6.45) is 3.32. The van der Waals surface area contributed by atoms with E-state index < -0.39 is 0 Å². The SMILES string of the molecule is Nc1c(C(=O)NCc2cccc(F)c2)sc2cnccc12. The molecular weight excluding hydrogens is 289 g/mol. The lowest BCUT2D eigenvalue weighted by Gasteiger charge is -2.04. The highest BCUT2D eigenvalue weighted by Crippen LogP contribution is 2.32. The van der Waals surface area contributed by atoms with E-state index >= 15 is 0 Å². The van der Waals surface area contributed by atoms with Crippen LogP contribution in [0.15, 0.2) is 42.7 Å². The molecule has 0 spiro atoms. The van der Waals surface area contributed by atoms with Gasteiger partial charge in [0, 0.05) is 24.3 Å². The highest BCUT2D eigenvalue weighted by atomic mass is 32.1. The van der Waals surface area contributed by atoms with Crippen molar-refractivity contribution in [3.05, 3.63) is 59.0 Å². The Hall–Kier alpha value is -2.47. The molecule has 3 rings (SSSR count). The first kappa shape index (κ1) is 13.5. The van der Waals surface area contributed by atoms with Crippen molar-refractivity contribution < 1.29 is 9.18 Å². The zero-order valence-electron chi connectivity index (χ0n) is 11.0. The number of carbonyl (C=O) groups excluding carboxylic acids is 1. The molecular formula is C15H12FN3OS. The fourth-order valence-corrected chi connectivity index (χ4v) is 3.06. The molecule has 0 aliphatic rings. The van der Waals surface area contributed by atoms with Crippen LogP contribution in [0.5, 0.6) is 0 Å². The Kier molecular flexibility index (Phi) is 3.53. The summed E-state index contributed by atoms with van der Waals surface area (Å²) in [4.78, 5) is 16.7. The van der Waals surface area contributed by atoms with Crippen molar-refractivity contribution in [1.29, 1.82) is 0 Å². The van der Waals surface area contributed by atoms with Crippen molar-refractivity contribution in [1.82, 2.24) is 10.3 Å². The molecule has 106 valence electrons. The van der Waals surface area contributed by atoms with Gasteiger partial charge in [0.1, 0.15) is 10.7 Å². The standard InChI is InChI=1S/C15H12FN3OS/c16-10-3-1-2-9(6-10)7-19-15(20)14-13(17)11-4-5-18-8-12(11)21-14/h1-6,8H,7,17H2,(H,19,20). The molecule has 0 saturated carbocycles. The van der Waals surface area contributed by atoms with Gasteiger partial charge in [-0.05, 0) is 23.8 Å². The molecule has 1 aromatic carbocycles. The zero-order valence-corrected chi connectivity index (χ0v) is 11.8. The third-order valence-electron chi connectivity index (χ3n) is 3.08. The van der Waals surface area contributed by atoms with Gasteiger partial charge in [0.25, 0.3) is 5.91 Å². The number of nitrogens with two attached hydrogens (primary N) is 1. The van der Waals surface area contributed by atoms with Crippen LogP contribution < -0.4 is 11.1 Å². The number of benzene rings is 1. The number of anilines is 1. The highest BCUT2D eigenvalue weighted by molar-refractivity contribution is 7.21. The molecule has 0 atom stereocenters. The number of thiophene rings is 1. The first-order valence-corrected chi connectivity index (χ1v) is 7.11. The fraction of sp³-hybridized carbons (Fsp3) is 0.0667. The van der Waals surface area contributed by atoms with Gasteiger partial charge in [-0.25, -0.2) is 4.39 Å². The highest BCUT2D eigenvalue weighted by Gasteiger charge is 2.16. The van der Waals surface area contributed by atoms with Crippen LogP contribution in [0.3, 0.4) is 0 Å². The first-order valence-electron chi connectivity index (χ1n) is 6.30.